The average molecular weight is 317 g/mol. The molecule has 0 radical (unpaired) electrons. The first-order chi connectivity index (χ1) is 10.9. The lowest BCUT2D eigenvalue weighted by atomic mass is 9.44. The second-order valence-electron chi connectivity index (χ2n) is 8.97. The van der Waals surface area contributed by atoms with Crippen molar-refractivity contribution < 1.29 is 14.8 Å². The molecule has 1 unspecified atom stereocenters. The first-order valence-electron chi connectivity index (χ1n) is 9.18. The van der Waals surface area contributed by atoms with E-state index in [0.29, 0.717) is 30.4 Å². The second kappa shape index (κ2) is 4.90. The van der Waals surface area contributed by atoms with E-state index in [1.807, 2.05) is 0 Å². The molecule has 4 heteroatoms. The maximum atomic E-state index is 13.2. The zero-order chi connectivity index (χ0) is 16.4. The van der Waals surface area contributed by atoms with Gasteiger partial charge in [0.15, 0.2) is 5.78 Å². The Morgan fingerprint density at radius 1 is 1.09 bits per heavy atom. The topological polar surface area (TPSA) is 66.7 Å². The molecule has 4 nitrogen and oxygen atoms in total. The Labute approximate surface area is 137 Å². The van der Waals surface area contributed by atoms with E-state index in [9.17, 15) is 14.8 Å². The van der Waals surface area contributed by atoms with Gasteiger partial charge in [-0.15, -0.1) is 0 Å². The summed E-state index contributed by atoms with van der Waals surface area (Å²) in [6.45, 7) is 4.60. The maximum absolute atomic E-state index is 13.2. The third kappa shape index (κ3) is 1.93. The van der Waals surface area contributed by atoms with E-state index in [4.69, 9.17) is 0 Å². The van der Waals surface area contributed by atoms with Gasteiger partial charge in [0.05, 0.1) is 0 Å². The highest BCUT2D eigenvalue weighted by Crippen LogP contribution is 2.64. The molecule has 0 saturated heterocycles. The smallest absolute Gasteiger partial charge is 0.184 e. The molecule has 1 N–H and O–H groups in total. The fourth-order valence-electron chi connectivity index (χ4n) is 6.69. The molecule has 0 amide bonds. The normalized spacial score (nSPS) is 51.3. The Bertz CT molecular complexity index is 597. The Hall–Kier alpha value is -1.19. The molecule has 4 aliphatic carbocycles. The summed E-state index contributed by atoms with van der Waals surface area (Å²) in [5.41, 5.74) is 0.529. The van der Waals surface area contributed by atoms with Gasteiger partial charge in [-0.2, -0.15) is 0 Å². The number of rotatable bonds is 0. The van der Waals surface area contributed by atoms with Crippen LogP contribution in [0.4, 0.5) is 0 Å². The summed E-state index contributed by atoms with van der Waals surface area (Å²) >= 11 is 0. The number of oxime groups is 1. The molecule has 23 heavy (non-hydrogen) atoms. The highest BCUT2D eigenvalue weighted by atomic mass is 16.4. The highest BCUT2D eigenvalue weighted by Gasteiger charge is 2.63. The quantitative estimate of drug-likeness (QED) is 0.548. The molecule has 4 fully saturated rings. The van der Waals surface area contributed by atoms with E-state index >= 15 is 0 Å². The summed E-state index contributed by atoms with van der Waals surface area (Å²) in [6, 6.07) is 0. The van der Waals surface area contributed by atoms with E-state index in [1.165, 1.54) is 19.3 Å². The van der Waals surface area contributed by atoms with Crippen molar-refractivity contribution in [2.75, 3.05) is 0 Å². The molecule has 0 spiro atoms. The molecular formula is C19H27NO3. The van der Waals surface area contributed by atoms with E-state index in [-0.39, 0.29) is 34.2 Å². The van der Waals surface area contributed by atoms with Crippen molar-refractivity contribution in [3.05, 3.63) is 0 Å². The molecule has 0 aromatic rings. The Balaban J connectivity index is 1.79. The summed E-state index contributed by atoms with van der Waals surface area (Å²) in [5, 5.41) is 13.0. The zero-order valence-corrected chi connectivity index (χ0v) is 14.2. The molecule has 0 aromatic heterocycles. The van der Waals surface area contributed by atoms with Gasteiger partial charge in [-0.25, -0.2) is 0 Å². The van der Waals surface area contributed by atoms with Crippen molar-refractivity contribution >= 4 is 17.3 Å². The monoisotopic (exact) mass is 317 g/mol. The molecule has 4 rings (SSSR count). The second-order valence-corrected chi connectivity index (χ2v) is 8.97. The van der Waals surface area contributed by atoms with Gasteiger partial charge in [-0.05, 0) is 54.8 Å². The van der Waals surface area contributed by atoms with Crippen molar-refractivity contribution in [2.24, 2.45) is 39.7 Å². The molecule has 6 atom stereocenters. The van der Waals surface area contributed by atoms with Crippen LogP contribution in [0.15, 0.2) is 5.16 Å². The lowest BCUT2D eigenvalue weighted by Gasteiger charge is -2.58. The van der Waals surface area contributed by atoms with Crippen LogP contribution in [0.25, 0.3) is 0 Å². The van der Waals surface area contributed by atoms with Crippen LogP contribution in [-0.4, -0.2) is 22.5 Å². The number of hydrogen-bond acceptors (Lipinski definition) is 4. The SMILES string of the molecule is C[C@@]12CCC[C@H]1[C@@H]1C(=O)/C(=N/O)C3CC(=O)CC[C@]3(C)[C@H]1CC2. The summed E-state index contributed by atoms with van der Waals surface area (Å²) < 4.78 is 0. The third-order valence-corrected chi connectivity index (χ3v) is 8.06. The zero-order valence-electron chi connectivity index (χ0n) is 14.2. The number of ketones is 2. The van der Waals surface area contributed by atoms with Gasteiger partial charge in [0.1, 0.15) is 11.5 Å². The summed E-state index contributed by atoms with van der Waals surface area (Å²) in [5.74, 6) is 0.884. The van der Waals surface area contributed by atoms with Gasteiger partial charge in [-0.1, -0.05) is 25.4 Å². The number of carbonyl (C=O) groups is 2. The summed E-state index contributed by atoms with van der Waals surface area (Å²) in [7, 11) is 0. The van der Waals surface area contributed by atoms with Crippen molar-refractivity contribution in [1.82, 2.24) is 0 Å². The van der Waals surface area contributed by atoms with Crippen LogP contribution in [0.2, 0.25) is 0 Å². The molecule has 0 heterocycles. The lowest BCUT2D eigenvalue weighted by molar-refractivity contribution is -0.141. The van der Waals surface area contributed by atoms with Crippen LogP contribution in [0.5, 0.6) is 0 Å². The van der Waals surface area contributed by atoms with Crippen molar-refractivity contribution in [3.63, 3.8) is 0 Å². The van der Waals surface area contributed by atoms with Crippen LogP contribution < -0.4 is 0 Å². The molecule has 126 valence electrons. The number of Topliss-reactive ketones (excluding diaryl/α,β-unsaturated/α-hetero) is 2. The standard InChI is InChI=1S/C19H27NO3/c1-18-7-3-4-12(18)15-13(6-8-18)19(2)9-5-11(21)10-14(19)16(20-23)17(15)22/h12-15,23H,3-10H2,1-2H3/b20-16+/t12-,13-,14?,15-,18-,19+/m0/s1. The highest BCUT2D eigenvalue weighted by molar-refractivity contribution is 6.42. The molecular weight excluding hydrogens is 290 g/mol. The fraction of sp³-hybridized carbons (Fsp3) is 0.842. The van der Waals surface area contributed by atoms with Crippen LogP contribution in [0, 0.1) is 34.5 Å². The summed E-state index contributed by atoms with van der Waals surface area (Å²) in [4.78, 5) is 25.2. The van der Waals surface area contributed by atoms with Crippen LogP contribution >= 0.6 is 0 Å². The minimum atomic E-state index is -0.173. The van der Waals surface area contributed by atoms with Crippen molar-refractivity contribution in [3.8, 4) is 0 Å². The van der Waals surface area contributed by atoms with Gasteiger partial charge in [0, 0.05) is 24.7 Å². The van der Waals surface area contributed by atoms with Gasteiger partial charge in [-0.3, -0.25) is 9.59 Å². The van der Waals surface area contributed by atoms with Crippen LogP contribution in [0.1, 0.15) is 65.2 Å². The van der Waals surface area contributed by atoms with E-state index in [1.54, 1.807) is 0 Å². The number of fused-ring (bicyclic) bond motifs is 5. The third-order valence-electron chi connectivity index (χ3n) is 8.06. The first kappa shape index (κ1) is 15.3. The van der Waals surface area contributed by atoms with Crippen LogP contribution in [0.3, 0.4) is 0 Å². The van der Waals surface area contributed by atoms with Gasteiger partial charge in [0.25, 0.3) is 0 Å². The fourth-order valence-corrected chi connectivity index (χ4v) is 6.69. The first-order valence-corrected chi connectivity index (χ1v) is 9.18. The van der Waals surface area contributed by atoms with Gasteiger partial charge < -0.3 is 5.21 Å². The largest absolute Gasteiger partial charge is 0.411 e. The minimum Gasteiger partial charge on any atom is -0.411 e. The molecule has 0 aliphatic heterocycles. The molecule has 0 bridgehead atoms. The van der Waals surface area contributed by atoms with Gasteiger partial charge >= 0.3 is 0 Å². The number of carbonyl (C=O) groups excluding carboxylic acids is 2. The Morgan fingerprint density at radius 3 is 2.61 bits per heavy atom. The Kier molecular flexibility index (Phi) is 3.27. The minimum absolute atomic E-state index is 0.0107. The van der Waals surface area contributed by atoms with Crippen LogP contribution in [-0.2, 0) is 9.59 Å². The van der Waals surface area contributed by atoms with E-state index < -0.39 is 0 Å². The molecule has 4 aliphatic rings. The average Bonchev–Trinajstić information content (AvgIpc) is 2.91. The number of hydrogen-bond donors (Lipinski definition) is 1. The van der Waals surface area contributed by atoms with Gasteiger partial charge in [0.2, 0.25) is 0 Å². The predicted molar refractivity (Wildman–Crippen MR) is 86.3 cm³/mol. The lowest BCUT2D eigenvalue weighted by Crippen LogP contribution is -2.60. The molecule has 0 aromatic carbocycles. The van der Waals surface area contributed by atoms with Crippen molar-refractivity contribution in [2.45, 2.75) is 65.2 Å². The Morgan fingerprint density at radius 2 is 1.87 bits per heavy atom. The number of nitrogens with zero attached hydrogens (tertiary/aromatic N) is 1. The predicted octanol–water partition coefficient (Wildman–Crippen LogP) is 3.61. The maximum Gasteiger partial charge on any atom is 0.184 e. The summed E-state index contributed by atoms with van der Waals surface area (Å²) in [6.07, 6.45) is 7.69. The van der Waals surface area contributed by atoms with Crippen molar-refractivity contribution in [1.29, 1.82) is 0 Å². The van der Waals surface area contributed by atoms with E-state index in [0.717, 1.165) is 19.3 Å². The molecule has 4 saturated carbocycles. The van der Waals surface area contributed by atoms with E-state index in [2.05, 4.69) is 19.0 Å².